The molecule has 108 valence electrons. The summed E-state index contributed by atoms with van der Waals surface area (Å²) in [4.78, 5) is 7.62. The molecule has 0 fully saturated rings. The van der Waals surface area contributed by atoms with Crippen LogP contribution in [-0.2, 0) is 9.84 Å². The van der Waals surface area contributed by atoms with Gasteiger partial charge in [-0.25, -0.2) is 13.4 Å². The minimum absolute atomic E-state index is 0.0922. The first-order valence-electron chi connectivity index (χ1n) is 6.43. The molecule has 0 saturated heterocycles. The Morgan fingerprint density at radius 1 is 1.15 bits per heavy atom. The Hall–Kier alpha value is -1.66. The number of aromatic amines is 1. The van der Waals surface area contributed by atoms with E-state index in [0.29, 0.717) is 4.90 Å². The Bertz CT molecular complexity index is 648. The van der Waals surface area contributed by atoms with Crippen LogP contribution in [0.15, 0.2) is 41.6 Å². The number of H-pyrrole nitrogens is 1. The van der Waals surface area contributed by atoms with Crippen molar-refractivity contribution in [1.82, 2.24) is 15.3 Å². The number of rotatable bonds is 5. The van der Waals surface area contributed by atoms with Crippen molar-refractivity contribution >= 4 is 9.84 Å². The Morgan fingerprint density at radius 3 is 2.30 bits per heavy atom. The summed E-state index contributed by atoms with van der Waals surface area (Å²) in [6, 6.07) is 7.14. The predicted octanol–water partition coefficient (Wildman–Crippen LogP) is 2.23. The van der Waals surface area contributed by atoms with Gasteiger partial charge in [-0.2, -0.15) is 0 Å². The van der Waals surface area contributed by atoms with Gasteiger partial charge in [0.2, 0.25) is 0 Å². The van der Waals surface area contributed by atoms with E-state index < -0.39 is 9.84 Å². The molecule has 1 heterocycles. The minimum Gasteiger partial charge on any atom is -0.347 e. The van der Waals surface area contributed by atoms with Crippen LogP contribution in [0.1, 0.15) is 37.3 Å². The summed E-state index contributed by atoms with van der Waals surface area (Å²) in [5.41, 5.74) is 1.04. The van der Waals surface area contributed by atoms with Crippen molar-refractivity contribution in [3.8, 4) is 0 Å². The molecule has 2 atom stereocenters. The first kappa shape index (κ1) is 14.7. The highest BCUT2D eigenvalue weighted by atomic mass is 32.2. The van der Waals surface area contributed by atoms with Crippen molar-refractivity contribution < 1.29 is 8.42 Å². The Kier molecular flexibility index (Phi) is 4.25. The molecule has 0 aliphatic carbocycles. The quantitative estimate of drug-likeness (QED) is 0.886. The normalized spacial score (nSPS) is 14.9. The van der Waals surface area contributed by atoms with E-state index in [1.807, 2.05) is 26.0 Å². The van der Waals surface area contributed by atoms with Gasteiger partial charge in [0.05, 0.1) is 10.9 Å². The van der Waals surface area contributed by atoms with E-state index in [-0.39, 0.29) is 12.1 Å². The highest BCUT2D eigenvalue weighted by Crippen LogP contribution is 2.19. The molecule has 2 aromatic rings. The van der Waals surface area contributed by atoms with Gasteiger partial charge in [0.1, 0.15) is 5.82 Å². The fourth-order valence-corrected chi connectivity index (χ4v) is 2.70. The van der Waals surface area contributed by atoms with Crippen LogP contribution < -0.4 is 5.32 Å². The predicted molar refractivity (Wildman–Crippen MR) is 78.1 cm³/mol. The number of sulfone groups is 1. The van der Waals surface area contributed by atoms with Gasteiger partial charge in [0, 0.05) is 24.7 Å². The second-order valence-corrected chi connectivity index (χ2v) is 6.94. The standard InChI is InChI=1S/C14H19N3O2S/c1-10(17-11(2)14-15-8-9-16-14)12-4-6-13(7-5-12)20(3,18)19/h4-11,17H,1-3H3,(H,15,16). The lowest BCUT2D eigenvalue weighted by molar-refractivity contribution is 0.479. The Morgan fingerprint density at radius 2 is 1.80 bits per heavy atom. The van der Waals surface area contributed by atoms with Crippen LogP contribution in [-0.4, -0.2) is 24.6 Å². The van der Waals surface area contributed by atoms with Crippen molar-refractivity contribution in [1.29, 1.82) is 0 Å². The molecule has 0 amide bonds. The van der Waals surface area contributed by atoms with E-state index in [1.165, 1.54) is 6.26 Å². The summed E-state index contributed by atoms with van der Waals surface area (Å²) in [7, 11) is -3.14. The molecule has 20 heavy (non-hydrogen) atoms. The third kappa shape index (κ3) is 3.46. The summed E-state index contributed by atoms with van der Waals surface area (Å²) in [5, 5.41) is 3.41. The third-order valence-electron chi connectivity index (χ3n) is 3.24. The summed E-state index contributed by atoms with van der Waals surface area (Å²) in [6.45, 7) is 4.06. The lowest BCUT2D eigenvalue weighted by Crippen LogP contribution is -2.23. The second kappa shape index (κ2) is 5.76. The zero-order valence-corrected chi connectivity index (χ0v) is 12.6. The maximum atomic E-state index is 11.4. The van der Waals surface area contributed by atoms with Crippen molar-refractivity contribution in [2.45, 2.75) is 30.8 Å². The number of benzene rings is 1. The number of nitrogens with zero attached hydrogens (tertiary/aromatic N) is 1. The van der Waals surface area contributed by atoms with Gasteiger partial charge < -0.3 is 10.3 Å². The van der Waals surface area contributed by atoms with E-state index >= 15 is 0 Å². The van der Waals surface area contributed by atoms with Crippen LogP contribution in [0.25, 0.3) is 0 Å². The summed E-state index contributed by atoms with van der Waals surface area (Å²) in [6.07, 6.45) is 4.72. The van der Waals surface area contributed by atoms with Crippen molar-refractivity contribution in [3.05, 3.63) is 48.0 Å². The highest BCUT2D eigenvalue weighted by molar-refractivity contribution is 7.90. The van der Waals surface area contributed by atoms with E-state index in [0.717, 1.165) is 11.4 Å². The van der Waals surface area contributed by atoms with Crippen molar-refractivity contribution in [2.75, 3.05) is 6.26 Å². The van der Waals surface area contributed by atoms with Gasteiger partial charge in [-0.05, 0) is 31.5 Å². The second-order valence-electron chi connectivity index (χ2n) is 4.93. The van der Waals surface area contributed by atoms with E-state index in [9.17, 15) is 8.42 Å². The molecule has 0 saturated carbocycles. The van der Waals surface area contributed by atoms with Crippen LogP contribution in [0.2, 0.25) is 0 Å². The Balaban J connectivity index is 2.08. The van der Waals surface area contributed by atoms with Gasteiger partial charge >= 0.3 is 0 Å². The molecule has 2 unspecified atom stereocenters. The zero-order valence-electron chi connectivity index (χ0n) is 11.8. The highest BCUT2D eigenvalue weighted by Gasteiger charge is 2.13. The van der Waals surface area contributed by atoms with Gasteiger partial charge in [-0.3, -0.25) is 0 Å². The number of hydrogen-bond donors (Lipinski definition) is 2. The van der Waals surface area contributed by atoms with Crippen molar-refractivity contribution in [2.24, 2.45) is 0 Å². The first-order chi connectivity index (χ1) is 9.38. The molecular weight excluding hydrogens is 274 g/mol. The third-order valence-corrected chi connectivity index (χ3v) is 4.37. The molecule has 2 rings (SSSR count). The maximum absolute atomic E-state index is 11.4. The van der Waals surface area contributed by atoms with Gasteiger partial charge in [-0.1, -0.05) is 12.1 Å². The van der Waals surface area contributed by atoms with Gasteiger partial charge in [-0.15, -0.1) is 0 Å². The summed E-state index contributed by atoms with van der Waals surface area (Å²) >= 11 is 0. The first-order valence-corrected chi connectivity index (χ1v) is 8.32. The molecular formula is C14H19N3O2S. The fraction of sp³-hybridized carbons (Fsp3) is 0.357. The molecule has 5 nitrogen and oxygen atoms in total. The van der Waals surface area contributed by atoms with Gasteiger partial charge in [0.15, 0.2) is 9.84 Å². The SMILES string of the molecule is CC(NC(C)c1ncc[nH]1)c1ccc(S(C)(=O)=O)cc1. The van der Waals surface area contributed by atoms with Crippen LogP contribution in [0.3, 0.4) is 0 Å². The molecule has 0 spiro atoms. The lowest BCUT2D eigenvalue weighted by atomic mass is 10.1. The average Bonchev–Trinajstić information content (AvgIpc) is 2.91. The molecule has 0 bridgehead atoms. The van der Waals surface area contributed by atoms with Crippen LogP contribution >= 0.6 is 0 Å². The molecule has 6 heteroatoms. The van der Waals surface area contributed by atoms with Crippen LogP contribution in [0.4, 0.5) is 0 Å². The molecule has 0 aliphatic rings. The van der Waals surface area contributed by atoms with E-state index in [4.69, 9.17) is 0 Å². The molecule has 1 aromatic carbocycles. The number of nitrogens with one attached hydrogen (secondary N) is 2. The molecule has 2 N–H and O–H groups in total. The number of imidazole rings is 1. The van der Waals surface area contributed by atoms with Crippen molar-refractivity contribution in [3.63, 3.8) is 0 Å². The van der Waals surface area contributed by atoms with Crippen LogP contribution in [0, 0.1) is 0 Å². The smallest absolute Gasteiger partial charge is 0.175 e. The lowest BCUT2D eigenvalue weighted by Gasteiger charge is -2.19. The fourth-order valence-electron chi connectivity index (χ4n) is 2.07. The molecule has 1 aromatic heterocycles. The van der Waals surface area contributed by atoms with E-state index in [1.54, 1.807) is 24.5 Å². The van der Waals surface area contributed by atoms with Gasteiger partial charge in [0.25, 0.3) is 0 Å². The largest absolute Gasteiger partial charge is 0.347 e. The zero-order chi connectivity index (χ0) is 14.8. The monoisotopic (exact) mass is 293 g/mol. The topological polar surface area (TPSA) is 74.8 Å². The average molecular weight is 293 g/mol. The Labute approximate surface area is 119 Å². The summed E-state index contributed by atoms with van der Waals surface area (Å²) in [5.74, 6) is 0.879. The molecule has 0 aliphatic heterocycles. The minimum atomic E-state index is -3.14. The number of aromatic nitrogens is 2. The summed E-state index contributed by atoms with van der Waals surface area (Å²) < 4.78 is 22.8. The number of hydrogen-bond acceptors (Lipinski definition) is 4. The van der Waals surface area contributed by atoms with Crippen LogP contribution in [0.5, 0.6) is 0 Å². The maximum Gasteiger partial charge on any atom is 0.175 e. The molecule has 0 radical (unpaired) electrons. The van der Waals surface area contributed by atoms with E-state index in [2.05, 4.69) is 15.3 Å².